The highest BCUT2D eigenvalue weighted by Gasteiger charge is 2.33. The van der Waals surface area contributed by atoms with Crippen LogP contribution in [0, 0.1) is 18.7 Å². The summed E-state index contributed by atoms with van der Waals surface area (Å²) in [6.45, 7) is 5.07. The number of carbonyl (C=O) groups excluding carboxylic acids is 1. The number of aromatic nitrogens is 2. The fourth-order valence-electron chi connectivity index (χ4n) is 3.24. The molecule has 0 aliphatic carbocycles. The van der Waals surface area contributed by atoms with E-state index in [0.717, 1.165) is 6.42 Å². The van der Waals surface area contributed by atoms with Crippen LogP contribution in [-0.4, -0.2) is 39.7 Å². The van der Waals surface area contributed by atoms with E-state index in [1.54, 1.807) is 25.1 Å². The number of halogens is 1. The minimum Gasteiger partial charge on any atom is -0.335 e. The average Bonchev–Trinajstić information content (AvgIpc) is 3.10. The number of rotatable bonds is 3. The smallest absolute Gasteiger partial charge is 0.257 e. The maximum atomic E-state index is 14.0. The summed E-state index contributed by atoms with van der Waals surface area (Å²) in [6.07, 6.45) is 2.44. The first-order valence-electron chi connectivity index (χ1n) is 7.83. The van der Waals surface area contributed by atoms with Gasteiger partial charge in [-0.05, 0) is 44.9 Å². The second-order valence-corrected chi connectivity index (χ2v) is 6.15. The lowest BCUT2D eigenvalue weighted by molar-refractivity contribution is 0.0742. The van der Waals surface area contributed by atoms with Gasteiger partial charge in [-0.25, -0.2) is 9.07 Å². The first-order valence-corrected chi connectivity index (χ1v) is 7.83. The molecular weight excluding hydrogens is 295 g/mol. The Morgan fingerprint density at radius 1 is 1.43 bits per heavy atom. The first kappa shape index (κ1) is 15.7. The third kappa shape index (κ3) is 2.74. The Morgan fingerprint density at radius 2 is 2.17 bits per heavy atom. The van der Waals surface area contributed by atoms with Crippen LogP contribution in [-0.2, 0) is 0 Å². The molecule has 1 fully saturated rings. The monoisotopic (exact) mass is 316 g/mol. The van der Waals surface area contributed by atoms with Crippen LogP contribution in [0.3, 0.4) is 0 Å². The summed E-state index contributed by atoms with van der Waals surface area (Å²) in [4.78, 5) is 14.6. The molecule has 2 heterocycles. The first-order chi connectivity index (χ1) is 11.0. The molecule has 23 heavy (non-hydrogen) atoms. The van der Waals surface area contributed by atoms with Gasteiger partial charge in [0.1, 0.15) is 11.5 Å². The molecule has 1 aromatic heterocycles. The van der Waals surface area contributed by atoms with Crippen LogP contribution >= 0.6 is 0 Å². The molecule has 3 rings (SSSR count). The van der Waals surface area contributed by atoms with Crippen molar-refractivity contribution in [3.05, 3.63) is 47.5 Å². The largest absolute Gasteiger partial charge is 0.335 e. The summed E-state index contributed by atoms with van der Waals surface area (Å²) < 4.78 is 15.4. The zero-order valence-corrected chi connectivity index (χ0v) is 13.4. The highest BCUT2D eigenvalue weighted by Crippen LogP contribution is 2.26. The molecule has 5 nitrogen and oxygen atoms in total. The Morgan fingerprint density at radius 3 is 2.83 bits per heavy atom. The van der Waals surface area contributed by atoms with Gasteiger partial charge in [0.25, 0.3) is 5.91 Å². The lowest BCUT2D eigenvalue weighted by atomic mass is 10.1. The molecule has 1 aromatic carbocycles. The molecule has 1 aliphatic heterocycles. The Labute approximate surface area is 134 Å². The molecule has 1 amide bonds. The number of nitrogens with zero attached hydrogens (tertiary/aromatic N) is 3. The maximum absolute atomic E-state index is 14.0. The third-order valence-corrected chi connectivity index (χ3v) is 4.58. The van der Waals surface area contributed by atoms with Crippen LogP contribution in [0.5, 0.6) is 0 Å². The number of nitrogens with two attached hydrogens (primary N) is 1. The van der Waals surface area contributed by atoms with Crippen molar-refractivity contribution in [2.24, 2.45) is 11.7 Å². The van der Waals surface area contributed by atoms with Crippen molar-refractivity contribution in [2.45, 2.75) is 26.3 Å². The Bertz CT molecular complexity index is 727. The van der Waals surface area contributed by atoms with E-state index in [1.807, 2.05) is 11.8 Å². The van der Waals surface area contributed by atoms with Crippen molar-refractivity contribution in [3.63, 3.8) is 0 Å². The van der Waals surface area contributed by atoms with Gasteiger partial charge >= 0.3 is 0 Å². The second kappa shape index (κ2) is 6.12. The van der Waals surface area contributed by atoms with E-state index in [9.17, 15) is 9.18 Å². The van der Waals surface area contributed by atoms with Crippen LogP contribution < -0.4 is 5.73 Å². The molecule has 0 radical (unpaired) electrons. The van der Waals surface area contributed by atoms with E-state index in [1.165, 1.54) is 16.9 Å². The van der Waals surface area contributed by atoms with Crippen LogP contribution in [0.4, 0.5) is 4.39 Å². The van der Waals surface area contributed by atoms with E-state index in [2.05, 4.69) is 5.10 Å². The minimum atomic E-state index is -0.365. The lowest BCUT2D eigenvalue weighted by Gasteiger charge is -2.21. The summed E-state index contributed by atoms with van der Waals surface area (Å²) in [6, 6.07) is 6.56. The van der Waals surface area contributed by atoms with Crippen LogP contribution in [0.1, 0.15) is 29.4 Å². The van der Waals surface area contributed by atoms with E-state index in [0.29, 0.717) is 36.0 Å². The number of amides is 1. The number of para-hydroxylation sites is 1. The molecule has 122 valence electrons. The normalized spacial score (nSPS) is 21.0. The highest BCUT2D eigenvalue weighted by molar-refractivity contribution is 5.95. The van der Waals surface area contributed by atoms with Crippen molar-refractivity contribution >= 4 is 5.91 Å². The van der Waals surface area contributed by atoms with Crippen molar-refractivity contribution in [1.82, 2.24) is 14.7 Å². The fraction of sp³-hybridized carbons (Fsp3) is 0.412. The molecular formula is C17H21FN4O. The number of hydrogen-bond donors (Lipinski definition) is 1. The van der Waals surface area contributed by atoms with Gasteiger partial charge in [0.15, 0.2) is 0 Å². The molecule has 0 saturated carbocycles. The van der Waals surface area contributed by atoms with E-state index in [4.69, 9.17) is 5.73 Å². The Kier molecular flexibility index (Phi) is 4.17. The summed E-state index contributed by atoms with van der Waals surface area (Å²) in [5.74, 6) is -0.0835. The summed E-state index contributed by atoms with van der Waals surface area (Å²) in [5.41, 5.74) is 7.23. The number of carbonyl (C=O) groups is 1. The van der Waals surface area contributed by atoms with Crippen molar-refractivity contribution in [3.8, 4) is 5.69 Å². The summed E-state index contributed by atoms with van der Waals surface area (Å²) in [5, 5.41) is 4.21. The summed E-state index contributed by atoms with van der Waals surface area (Å²) in [7, 11) is 0. The number of likely N-dealkylation sites (tertiary alicyclic amines) is 1. The predicted octanol–water partition coefficient (Wildman–Crippen LogP) is 2.13. The van der Waals surface area contributed by atoms with Crippen molar-refractivity contribution in [1.29, 1.82) is 0 Å². The lowest BCUT2D eigenvalue weighted by Crippen LogP contribution is -2.34. The minimum absolute atomic E-state index is 0.0615. The second-order valence-electron chi connectivity index (χ2n) is 6.15. The average molecular weight is 316 g/mol. The number of benzene rings is 1. The SMILES string of the molecule is Cc1c(C(=O)N2CC(CN)CC2C)cnn1-c1ccccc1F. The zero-order chi connectivity index (χ0) is 16.6. The molecule has 1 saturated heterocycles. The van der Waals surface area contributed by atoms with Gasteiger partial charge in [0.2, 0.25) is 0 Å². The molecule has 0 spiro atoms. The zero-order valence-electron chi connectivity index (χ0n) is 13.4. The molecule has 6 heteroatoms. The highest BCUT2D eigenvalue weighted by atomic mass is 19.1. The summed E-state index contributed by atoms with van der Waals surface area (Å²) >= 11 is 0. The molecule has 2 unspecified atom stereocenters. The van der Waals surface area contributed by atoms with E-state index < -0.39 is 0 Å². The van der Waals surface area contributed by atoms with Crippen LogP contribution in [0.2, 0.25) is 0 Å². The molecule has 2 N–H and O–H groups in total. The van der Waals surface area contributed by atoms with Gasteiger partial charge in [0.05, 0.1) is 17.5 Å². The Hall–Kier alpha value is -2.21. The Balaban J connectivity index is 1.91. The predicted molar refractivity (Wildman–Crippen MR) is 85.9 cm³/mol. The fourth-order valence-corrected chi connectivity index (χ4v) is 3.24. The quantitative estimate of drug-likeness (QED) is 0.943. The number of hydrogen-bond acceptors (Lipinski definition) is 3. The third-order valence-electron chi connectivity index (χ3n) is 4.58. The van der Waals surface area contributed by atoms with Gasteiger partial charge in [-0.1, -0.05) is 12.1 Å². The molecule has 2 atom stereocenters. The maximum Gasteiger partial charge on any atom is 0.257 e. The molecule has 0 bridgehead atoms. The van der Waals surface area contributed by atoms with Crippen molar-refractivity contribution < 1.29 is 9.18 Å². The standard InChI is InChI=1S/C17H21FN4O/c1-11-7-13(8-19)10-21(11)17(23)14-9-20-22(12(14)2)16-6-4-3-5-15(16)18/h3-6,9,11,13H,7-8,10,19H2,1-2H3. The topological polar surface area (TPSA) is 64.2 Å². The van der Waals surface area contributed by atoms with Gasteiger partial charge in [-0.3, -0.25) is 4.79 Å². The molecule has 2 aromatic rings. The van der Waals surface area contributed by atoms with E-state index in [-0.39, 0.29) is 17.8 Å². The van der Waals surface area contributed by atoms with Gasteiger partial charge in [-0.2, -0.15) is 5.10 Å². The van der Waals surface area contributed by atoms with Crippen molar-refractivity contribution in [2.75, 3.05) is 13.1 Å². The van der Waals surface area contributed by atoms with Gasteiger partial charge in [0, 0.05) is 12.6 Å². The van der Waals surface area contributed by atoms with E-state index >= 15 is 0 Å². The van der Waals surface area contributed by atoms with Gasteiger partial charge in [-0.15, -0.1) is 0 Å². The van der Waals surface area contributed by atoms with Crippen LogP contribution in [0.15, 0.2) is 30.5 Å². The van der Waals surface area contributed by atoms with Crippen LogP contribution in [0.25, 0.3) is 5.69 Å². The van der Waals surface area contributed by atoms with Gasteiger partial charge < -0.3 is 10.6 Å². The molecule has 1 aliphatic rings.